The summed E-state index contributed by atoms with van der Waals surface area (Å²) in [5.74, 6) is -0.965. The Balaban J connectivity index is 2.30. The molecule has 2 aliphatic rings. The van der Waals surface area contributed by atoms with Crippen molar-refractivity contribution < 1.29 is 14.7 Å². The predicted octanol–water partition coefficient (Wildman–Crippen LogP) is 3.47. The molecule has 24 heavy (non-hydrogen) atoms. The summed E-state index contributed by atoms with van der Waals surface area (Å²) >= 11 is 12.6. The summed E-state index contributed by atoms with van der Waals surface area (Å²) in [5, 5.41) is 11.0. The van der Waals surface area contributed by atoms with E-state index in [1.54, 1.807) is 6.07 Å². The fraction of sp³-hybridized carbons (Fsp3) is 0.444. The van der Waals surface area contributed by atoms with E-state index in [1.807, 2.05) is 13.0 Å². The molecule has 1 amide bonds. The number of allylic oxidation sites excluding steroid dienone is 1. The molecule has 0 aliphatic heterocycles. The molecule has 1 aromatic carbocycles. The summed E-state index contributed by atoms with van der Waals surface area (Å²) in [5.41, 5.74) is 7.36. The Bertz CT molecular complexity index is 759. The number of nitrogens with two attached hydrogens (primary N) is 1. The predicted molar refractivity (Wildman–Crippen MR) is 94.0 cm³/mol. The second-order valence-corrected chi connectivity index (χ2v) is 7.42. The van der Waals surface area contributed by atoms with Crippen molar-refractivity contribution in [1.29, 1.82) is 0 Å². The van der Waals surface area contributed by atoms with Crippen LogP contribution in [0.3, 0.4) is 0 Å². The van der Waals surface area contributed by atoms with Crippen LogP contribution in [-0.4, -0.2) is 22.9 Å². The Morgan fingerprint density at radius 1 is 1.42 bits per heavy atom. The molecule has 3 atom stereocenters. The molecule has 0 heterocycles. The van der Waals surface area contributed by atoms with E-state index in [0.717, 1.165) is 29.5 Å². The third-order valence-corrected chi connectivity index (χ3v) is 6.05. The molecule has 2 unspecified atom stereocenters. The zero-order valence-corrected chi connectivity index (χ0v) is 14.8. The molecule has 6 heteroatoms. The second-order valence-electron chi connectivity index (χ2n) is 6.64. The number of fused-ring (bicyclic) bond motifs is 3. The van der Waals surface area contributed by atoms with Gasteiger partial charge < -0.3 is 10.8 Å². The average Bonchev–Trinajstić information content (AvgIpc) is 2.75. The number of ketones is 1. The number of carbonyl (C=O) groups excluding carboxylic acids is 2. The van der Waals surface area contributed by atoms with Gasteiger partial charge in [0.2, 0.25) is 5.91 Å². The molecule has 0 saturated heterocycles. The summed E-state index contributed by atoms with van der Waals surface area (Å²) in [7, 11) is 0. The lowest BCUT2D eigenvalue weighted by molar-refractivity contribution is -0.124. The van der Waals surface area contributed by atoms with Crippen LogP contribution in [0.15, 0.2) is 18.2 Å². The van der Waals surface area contributed by atoms with Crippen LogP contribution < -0.4 is 5.73 Å². The van der Waals surface area contributed by atoms with Gasteiger partial charge in [-0.1, -0.05) is 42.6 Å². The topological polar surface area (TPSA) is 80.4 Å². The van der Waals surface area contributed by atoms with Gasteiger partial charge in [0.25, 0.3) is 0 Å². The molecule has 0 aromatic heterocycles. The first-order valence-corrected chi connectivity index (χ1v) is 8.78. The molecular weight excluding hydrogens is 349 g/mol. The van der Waals surface area contributed by atoms with Crippen LogP contribution in [-0.2, 0) is 9.59 Å². The highest BCUT2D eigenvalue weighted by atomic mass is 35.5. The molecule has 3 rings (SSSR count). The van der Waals surface area contributed by atoms with Gasteiger partial charge in [0.15, 0.2) is 5.78 Å². The Kier molecular flexibility index (Phi) is 4.49. The van der Waals surface area contributed by atoms with Crippen LogP contribution in [0.1, 0.15) is 49.7 Å². The molecule has 3 N–H and O–H groups in total. The SMILES string of the molecule is CCCC12C[C@@H](O)C(=O)C=C1c1c(ccc(Cl)c1Cl)C2CC(N)=O. The van der Waals surface area contributed by atoms with Gasteiger partial charge in [-0.05, 0) is 36.1 Å². The summed E-state index contributed by atoms with van der Waals surface area (Å²) < 4.78 is 0. The van der Waals surface area contributed by atoms with Crippen LogP contribution >= 0.6 is 23.2 Å². The lowest BCUT2D eigenvalue weighted by Crippen LogP contribution is -2.38. The van der Waals surface area contributed by atoms with Crippen LogP contribution in [0.25, 0.3) is 5.57 Å². The molecule has 0 spiro atoms. The van der Waals surface area contributed by atoms with Gasteiger partial charge in [0, 0.05) is 23.3 Å². The number of primary amides is 1. The molecule has 0 fully saturated rings. The first-order chi connectivity index (χ1) is 11.3. The van der Waals surface area contributed by atoms with Crippen molar-refractivity contribution in [2.45, 2.75) is 44.6 Å². The molecule has 0 radical (unpaired) electrons. The number of hydrogen-bond donors (Lipinski definition) is 2. The Morgan fingerprint density at radius 3 is 2.75 bits per heavy atom. The summed E-state index contributed by atoms with van der Waals surface area (Å²) in [6.07, 6.45) is 2.39. The minimum absolute atomic E-state index is 0.142. The number of rotatable bonds is 4. The van der Waals surface area contributed by atoms with E-state index in [4.69, 9.17) is 28.9 Å². The first kappa shape index (κ1) is 17.5. The number of hydrogen-bond acceptors (Lipinski definition) is 3. The lowest BCUT2D eigenvalue weighted by Gasteiger charge is -2.40. The van der Waals surface area contributed by atoms with Crippen molar-refractivity contribution >= 4 is 40.5 Å². The first-order valence-electron chi connectivity index (χ1n) is 8.02. The molecule has 2 aliphatic carbocycles. The third-order valence-electron chi connectivity index (χ3n) is 5.25. The Hall–Kier alpha value is -1.36. The van der Waals surface area contributed by atoms with Crippen LogP contribution in [0.2, 0.25) is 10.0 Å². The fourth-order valence-electron chi connectivity index (χ4n) is 4.38. The van der Waals surface area contributed by atoms with E-state index in [9.17, 15) is 14.7 Å². The van der Waals surface area contributed by atoms with Crippen molar-refractivity contribution in [2.24, 2.45) is 11.1 Å². The average molecular weight is 368 g/mol. The number of benzene rings is 1. The van der Waals surface area contributed by atoms with Gasteiger partial charge in [-0.15, -0.1) is 0 Å². The quantitative estimate of drug-likeness (QED) is 0.854. The van der Waals surface area contributed by atoms with Gasteiger partial charge in [-0.2, -0.15) is 0 Å². The minimum Gasteiger partial charge on any atom is -0.385 e. The maximum atomic E-state index is 12.1. The van der Waals surface area contributed by atoms with E-state index in [2.05, 4.69) is 0 Å². The highest BCUT2D eigenvalue weighted by Crippen LogP contribution is 2.64. The number of aliphatic hydroxyl groups is 1. The van der Waals surface area contributed by atoms with Crippen LogP contribution in [0, 0.1) is 5.41 Å². The Labute approximate surface area is 150 Å². The van der Waals surface area contributed by atoms with Crippen LogP contribution in [0.4, 0.5) is 0 Å². The standard InChI is InChI=1S/C18H19Cl2NO3/c1-2-5-18-8-14(23)13(22)6-11(18)16-9(10(18)7-15(21)24)3-4-12(19)17(16)20/h3-4,6,10,14,23H,2,5,7-8H2,1H3,(H2,21,24)/t10?,14-,18?/m1/s1. The molecular formula is C18H19Cl2NO3. The van der Waals surface area contributed by atoms with Gasteiger partial charge in [-0.25, -0.2) is 0 Å². The number of amides is 1. The van der Waals surface area contributed by atoms with E-state index in [1.165, 1.54) is 6.08 Å². The number of aliphatic hydroxyl groups excluding tert-OH is 1. The second kappa shape index (κ2) is 6.17. The zero-order valence-electron chi connectivity index (χ0n) is 13.3. The third kappa shape index (κ3) is 2.48. The maximum Gasteiger partial charge on any atom is 0.218 e. The summed E-state index contributed by atoms with van der Waals surface area (Å²) in [6.45, 7) is 2.04. The normalized spacial score (nSPS) is 28.3. The Morgan fingerprint density at radius 2 is 2.12 bits per heavy atom. The van der Waals surface area contributed by atoms with Crippen molar-refractivity contribution in [3.63, 3.8) is 0 Å². The van der Waals surface area contributed by atoms with Gasteiger partial charge in [0.05, 0.1) is 10.0 Å². The number of halogens is 2. The number of carbonyl (C=O) groups is 2. The van der Waals surface area contributed by atoms with E-state index < -0.39 is 17.4 Å². The van der Waals surface area contributed by atoms with Gasteiger partial charge >= 0.3 is 0 Å². The van der Waals surface area contributed by atoms with Crippen molar-refractivity contribution in [1.82, 2.24) is 0 Å². The summed E-state index contributed by atoms with van der Waals surface area (Å²) in [6, 6.07) is 3.55. The van der Waals surface area contributed by atoms with E-state index in [-0.39, 0.29) is 24.5 Å². The molecule has 0 bridgehead atoms. The monoisotopic (exact) mass is 367 g/mol. The van der Waals surface area contributed by atoms with Crippen molar-refractivity contribution in [2.75, 3.05) is 0 Å². The van der Waals surface area contributed by atoms with E-state index >= 15 is 0 Å². The summed E-state index contributed by atoms with van der Waals surface area (Å²) in [4.78, 5) is 23.8. The van der Waals surface area contributed by atoms with E-state index in [0.29, 0.717) is 10.0 Å². The van der Waals surface area contributed by atoms with Gasteiger partial charge in [-0.3, -0.25) is 9.59 Å². The molecule has 0 saturated carbocycles. The zero-order chi connectivity index (χ0) is 17.6. The fourth-order valence-corrected chi connectivity index (χ4v) is 4.81. The largest absolute Gasteiger partial charge is 0.385 e. The van der Waals surface area contributed by atoms with Gasteiger partial charge in [0.1, 0.15) is 6.10 Å². The maximum absolute atomic E-state index is 12.1. The molecule has 4 nitrogen and oxygen atoms in total. The van der Waals surface area contributed by atoms with Crippen LogP contribution in [0.5, 0.6) is 0 Å². The lowest BCUT2D eigenvalue weighted by atomic mass is 9.63. The highest BCUT2D eigenvalue weighted by molar-refractivity contribution is 6.43. The minimum atomic E-state index is -1.07. The van der Waals surface area contributed by atoms with Crippen molar-refractivity contribution in [3.8, 4) is 0 Å². The smallest absolute Gasteiger partial charge is 0.218 e. The highest BCUT2D eigenvalue weighted by Gasteiger charge is 2.53. The van der Waals surface area contributed by atoms with Crippen molar-refractivity contribution in [3.05, 3.63) is 39.4 Å². The molecule has 128 valence electrons. The molecule has 1 aromatic rings.